The van der Waals surface area contributed by atoms with Gasteiger partial charge in [0.15, 0.2) is 11.5 Å². The van der Waals surface area contributed by atoms with E-state index in [1.54, 1.807) is 19.2 Å². The van der Waals surface area contributed by atoms with E-state index in [1.807, 2.05) is 31.2 Å². The number of benzene rings is 2. The van der Waals surface area contributed by atoms with Crippen molar-refractivity contribution in [3.63, 3.8) is 0 Å². The van der Waals surface area contributed by atoms with Crippen molar-refractivity contribution < 1.29 is 27.8 Å². The number of ether oxygens (including phenoxy) is 3. The molecule has 0 aromatic heterocycles. The summed E-state index contributed by atoms with van der Waals surface area (Å²) in [6.45, 7) is -0.171. The van der Waals surface area contributed by atoms with Crippen molar-refractivity contribution >= 4 is 12.0 Å². The van der Waals surface area contributed by atoms with Gasteiger partial charge in [-0.25, -0.2) is 0 Å². The van der Waals surface area contributed by atoms with Gasteiger partial charge in [-0.15, -0.1) is 0 Å². The van der Waals surface area contributed by atoms with E-state index in [4.69, 9.17) is 9.47 Å². The minimum absolute atomic E-state index is 0.0635. The zero-order valence-corrected chi connectivity index (χ0v) is 16.0. The molecule has 5 nitrogen and oxygen atoms in total. The molecule has 2 aromatic carbocycles. The molecule has 0 unspecified atom stereocenters. The van der Waals surface area contributed by atoms with Crippen molar-refractivity contribution in [1.82, 2.24) is 4.90 Å². The average molecular weight is 391 g/mol. The molecule has 7 heteroatoms. The molecule has 0 heterocycles. The Hall–Kier alpha value is -3.09. The summed E-state index contributed by atoms with van der Waals surface area (Å²) < 4.78 is 39.8. The number of amides is 1. The summed E-state index contributed by atoms with van der Waals surface area (Å²) >= 11 is 0. The predicted octanol–water partition coefficient (Wildman–Crippen LogP) is 4.16. The maximum Gasteiger partial charge on any atom is 0.387 e. The van der Waals surface area contributed by atoms with Crippen LogP contribution in [0.1, 0.15) is 11.1 Å². The van der Waals surface area contributed by atoms with Gasteiger partial charge < -0.3 is 19.1 Å². The molecule has 0 saturated heterocycles. The molecule has 0 spiro atoms. The van der Waals surface area contributed by atoms with Crippen LogP contribution >= 0.6 is 0 Å². The van der Waals surface area contributed by atoms with Crippen LogP contribution in [0.25, 0.3) is 6.08 Å². The molecule has 2 aromatic rings. The quantitative estimate of drug-likeness (QED) is 0.603. The van der Waals surface area contributed by atoms with Gasteiger partial charge in [-0.05, 0) is 48.4 Å². The molecule has 2 rings (SSSR count). The third kappa shape index (κ3) is 6.57. The molecule has 0 N–H and O–H groups in total. The minimum atomic E-state index is -2.94. The van der Waals surface area contributed by atoms with Crippen LogP contribution in [0.15, 0.2) is 48.5 Å². The zero-order chi connectivity index (χ0) is 20.5. The van der Waals surface area contributed by atoms with Crippen molar-refractivity contribution in [2.24, 2.45) is 0 Å². The van der Waals surface area contributed by atoms with E-state index in [9.17, 15) is 13.6 Å². The number of rotatable bonds is 9. The molecule has 0 saturated carbocycles. The third-order valence-electron chi connectivity index (χ3n) is 3.88. The lowest BCUT2D eigenvalue weighted by Gasteiger charge is -2.16. The zero-order valence-electron chi connectivity index (χ0n) is 16.0. The van der Waals surface area contributed by atoms with E-state index in [-0.39, 0.29) is 17.4 Å². The summed E-state index contributed by atoms with van der Waals surface area (Å²) in [5, 5.41) is 0. The van der Waals surface area contributed by atoms with Crippen molar-refractivity contribution in [1.29, 1.82) is 0 Å². The molecule has 0 aliphatic carbocycles. The first-order valence-electron chi connectivity index (χ1n) is 8.64. The first kappa shape index (κ1) is 21.2. The molecule has 0 aliphatic heterocycles. The van der Waals surface area contributed by atoms with E-state index < -0.39 is 6.61 Å². The van der Waals surface area contributed by atoms with Crippen LogP contribution in [0.5, 0.6) is 17.2 Å². The van der Waals surface area contributed by atoms with E-state index in [1.165, 1.54) is 30.2 Å². The average Bonchev–Trinajstić information content (AvgIpc) is 2.66. The number of carbonyl (C=O) groups is 1. The lowest BCUT2D eigenvalue weighted by molar-refractivity contribution is -0.125. The van der Waals surface area contributed by atoms with Gasteiger partial charge in [0.2, 0.25) is 5.91 Å². The van der Waals surface area contributed by atoms with Gasteiger partial charge in [-0.3, -0.25) is 4.79 Å². The summed E-state index contributed by atoms with van der Waals surface area (Å²) in [4.78, 5) is 13.7. The van der Waals surface area contributed by atoms with Gasteiger partial charge in [-0.1, -0.05) is 18.2 Å². The Balaban J connectivity index is 1.89. The van der Waals surface area contributed by atoms with E-state index >= 15 is 0 Å². The summed E-state index contributed by atoms with van der Waals surface area (Å²) in [6, 6.07) is 12.1. The number of hydrogen-bond acceptors (Lipinski definition) is 4. The molecule has 1 amide bonds. The molecule has 150 valence electrons. The molecule has 0 bridgehead atoms. The van der Waals surface area contributed by atoms with Crippen molar-refractivity contribution in [2.45, 2.75) is 13.5 Å². The summed E-state index contributed by atoms with van der Waals surface area (Å²) in [7, 11) is 3.03. The number of methoxy groups -OCH3 is 1. The van der Waals surface area contributed by atoms with Gasteiger partial charge in [-0.2, -0.15) is 8.78 Å². The Bertz CT molecular complexity index is 824. The van der Waals surface area contributed by atoms with E-state index in [2.05, 4.69) is 4.74 Å². The fourth-order valence-electron chi connectivity index (χ4n) is 2.39. The van der Waals surface area contributed by atoms with Gasteiger partial charge in [0.25, 0.3) is 0 Å². The molecular weight excluding hydrogens is 368 g/mol. The van der Waals surface area contributed by atoms with Gasteiger partial charge in [0.05, 0.1) is 13.7 Å². The van der Waals surface area contributed by atoms with Crippen molar-refractivity contribution in [3.8, 4) is 17.2 Å². The van der Waals surface area contributed by atoms with Gasteiger partial charge in [0.1, 0.15) is 12.4 Å². The van der Waals surface area contributed by atoms with Crippen LogP contribution in [0.4, 0.5) is 8.78 Å². The number of nitrogens with zero attached hydrogens (tertiary/aromatic N) is 1. The second-order valence-electron chi connectivity index (χ2n) is 6.05. The van der Waals surface area contributed by atoms with Crippen LogP contribution in [0.2, 0.25) is 0 Å². The standard InChI is InChI=1S/C21H23F2NO4/c1-15-5-4-6-17(13-15)27-12-11-24(2)20(25)10-8-16-7-9-18(28-21(22)23)19(14-16)26-3/h4-10,13-14,21H,11-12H2,1-3H3/b10-8+. The largest absolute Gasteiger partial charge is 0.493 e. The van der Waals surface area contributed by atoms with Crippen LogP contribution < -0.4 is 14.2 Å². The predicted molar refractivity (Wildman–Crippen MR) is 103 cm³/mol. The number of alkyl halides is 2. The van der Waals surface area contributed by atoms with Crippen LogP contribution in [-0.2, 0) is 4.79 Å². The summed E-state index contributed by atoms with van der Waals surface area (Å²) in [5.74, 6) is 0.649. The van der Waals surface area contributed by atoms with Crippen LogP contribution in [0.3, 0.4) is 0 Å². The maximum atomic E-state index is 12.4. The fraction of sp³-hybridized carbons (Fsp3) is 0.286. The lowest BCUT2D eigenvalue weighted by Crippen LogP contribution is -2.29. The highest BCUT2D eigenvalue weighted by Gasteiger charge is 2.11. The molecule has 0 fully saturated rings. The first-order chi connectivity index (χ1) is 13.4. The third-order valence-corrected chi connectivity index (χ3v) is 3.88. The highest BCUT2D eigenvalue weighted by molar-refractivity contribution is 5.91. The number of hydrogen-bond donors (Lipinski definition) is 0. The number of carbonyl (C=O) groups excluding carboxylic acids is 1. The SMILES string of the molecule is COc1cc(/C=C/C(=O)N(C)CCOc2cccc(C)c2)ccc1OC(F)F. The Morgan fingerprint density at radius 3 is 2.64 bits per heavy atom. The molecule has 0 aliphatic rings. The molecule has 0 radical (unpaired) electrons. The monoisotopic (exact) mass is 391 g/mol. The summed E-state index contributed by atoms with van der Waals surface area (Å²) in [6.07, 6.45) is 2.98. The second-order valence-corrected chi connectivity index (χ2v) is 6.05. The molecule has 28 heavy (non-hydrogen) atoms. The van der Waals surface area contributed by atoms with Gasteiger partial charge in [0, 0.05) is 13.1 Å². The van der Waals surface area contributed by atoms with Crippen LogP contribution in [-0.4, -0.2) is 44.7 Å². The highest BCUT2D eigenvalue weighted by Crippen LogP contribution is 2.29. The normalized spacial score (nSPS) is 10.9. The topological polar surface area (TPSA) is 48.0 Å². The van der Waals surface area contributed by atoms with E-state index in [0.29, 0.717) is 18.7 Å². The number of halogens is 2. The Kier molecular flexibility index (Phi) is 7.80. The minimum Gasteiger partial charge on any atom is -0.493 e. The summed E-state index contributed by atoms with van der Waals surface area (Å²) in [5.41, 5.74) is 1.72. The van der Waals surface area contributed by atoms with Gasteiger partial charge >= 0.3 is 6.61 Å². The van der Waals surface area contributed by atoms with Crippen molar-refractivity contribution in [2.75, 3.05) is 27.3 Å². The highest BCUT2D eigenvalue weighted by atomic mass is 19.3. The fourth-order valence-corrected chi connectivity index (χ4v) is 2.39. The molecule has 0 atom stereocenters. The number of aryl methyl sites for hydroxylation is 1. The Morgan fingerprint density at radius 1 is 1.18 bits per heavy atom. The lowest BCUT2D eigenvalue weighted by atomic mass is 10.2. The Labute approximate surface area is 163 Å². The second kappa shape index (κ2) is 10.3. The first-order valence-corrected chi connectivity index (χ1v) is 8.64. The number of likely N-dealkylation sites (N-methyl/N-ethyl adjacent to an activating group) is 1. The smallest absolute Gasteiger partial charge is 0.387 e. The van der Waals surface area contributed by atoms with Crippen LogP contribution in [0, 0.1) is 6.92 Å². The Morgan fingerprint density at radius 2 is 1.96 bits per heavy atom. The van der Waals surface area contributed by atoms with E-state index in [0.717, 1.165) is 11.3 Å². The van der Waals surface area contributed by atoms with Crippen molar-refractivity contribution in [3.05, 3.63) is 59.7 Å². The maximum absolute atomic E-state index is 12.4. The molecular formula is C21H23F2NO4.